The predicted molar refractivity (Wildman–Crippen MR) is 117 cm³/mol. The van der Waals surface area contributed by atoms with Crippen LogP contribution in [0.1, 0.15) is 25.3 Å². The van der Waals surface area contributed by atoms with Gasteiger partial charge in [-0.1, -0.05) is 30.7 Å². The summed E-state index contributed by atoms with van der Waals surface area (Å²) in [5.74, 6) is 1.21. The molecule has 2 aromatic rings. The Bertz CT molecular complexity index is 1010. The van der Waals surface area contributed by atoms with Crippen molar-refractivity contribution in [2.24, 2.45) is 11.7 Å². The van der Waals surface area contributed by atoms with E-state index in [0.29, 0.717) is 24.7 Å². The van der Waals surface area contributed by atoms with E-state index >= 15 is 0 Å². The largest absolute Gasteiger partial charge is 0.493 e. The van der Waals surface area contributed by atoms with Crippen LogP contribution in [0.2, 0.25) is 5.02 Å². The Labute approximate surface area is 182 Å². The number of benzene rings is 2. The van der Waals surface area contributed by atoms with Crippen LogP contribution in [0.5, 0.6) is 11.5 Å². The van der Waals surface area contributed by atoms with E-state index in [2.05, 4.69) is 0 Å². The third-order valence-electron chi connectivity index (χ3n) is 5.10. The first-order valence-corrected chi connectivity index (χ1v) is 11.6. The average molecular weight is 452 g/mol. The molecule has 0 unspecified atom stereocenters. The van der Waals surface area contributed by atoms with Crippen molar-refractivity contribution >= 4 is 27.7 Å². The van der Waals surface area contributed by atoms with Gasteiger partial charge >= 0.3 is 10.1 Å². The van der Waals surface area contributed by atoms with Gasteiger partial charge in [-0.05, 0) is 55.0 Å². The fourth-order valence-electron chi connectivity index (χ4n) is 3.34. The van der Waals surface area contributed by atoms with Crippen LogP contribution in [0.4, 0.5) is 0 Å². The van der Waals surface area contributed by atoms with Crippen molar-refractivity contribution < 1.29 is 17.3 Å². The van der Waals surface area contributed by atoms with Crippen molar-refractivity contribution in [2.45, 2.75) is 31.1 Å². The summed E-state index contributed by atoms with van der Waals surface area (Å²) >= 11 is 6.02. The Morgan fingerprint density at radius 1 is 1.20 bits per heavy atom. The van der Waals surface area contributed by atoms with E-state index in [1.807, 2.05) is 17.9 Å². The lowest BCUT2D eigenvalue weighted by Gasteiger charge is -2.32. The van der Waals surface area contributed by atoms with Crippen LogP contribution in [0.3, 0.4) is 0 Å². The fourth-order valence-corrected chi connectivity index (χ4v) is 4.75. The van der Waals surface area contributed by atoms with Crippen molar-refractivity contribution in [3.63, 3.8) is 0 Å². The van der Waals surface area contributed by atoms with Crippen LogP contribution in [-0.4, -0.2) is 39.0 Å². The molecule has 0 bridgehead atoms. The number of rotatable bonds is 7. The number of nitrogens with two attached hydrogens (primary N) is 1. The van der Waals surface area contributed by atoms with E-state index in [9.17, 15) is 8.42 Å². The first-order valence-electron chi connectivity index (χ1n) is 9.83. The lowest BCUT2D eigenvalue weighted by molar-refractivity contribution is 0.180. The topological polar surface area (TPSA) is 106 Å². The van der Waals surface area contributed by atoms with Gasteiger partial charge in [0.15, 0.2) is 5.96 Å². The molecule has 1 saturated heterocycles. The molecule has 3 N–H and O–H groups in total. The maximum atomic E-state index is 12.6. The summed E-state index contributed by atoms with van der Waals surface area (Å²) in [5, 5.41) is 7.62. The Hall–Kier alpha value is -2.45. The minimum absolute atomic E-state index is 0.0757. The Balaban J connectivity index is 1.70. The highest BCUT2D eigenvalue weighted by molar-refractivity contribution is 7.87. The molecule has 9 heteroatoms. The lowest BCUT2D eigenvalue weighted by Crippen LogP contribution is -2.43. The summed E-state index contributed by atoms with van der Waals surface area (Å²) in [6.07, 6.45) is 2.48. The number of guanidine groups is 1. The first kappa shape index (κ1) is 22.2. The standard InChI is InChI=1S/C21H26ClN3O4S/c1-2-15-11-17(28-14-16-7-9-25(10-8-16)21(23)24)13-18(12-15)29-30(26,27)20-6-4-3-5-19(20)22/h3-6,11-13,16H,2,7-10,14H2,1H3,(H3,23,24). The van der Waals surface area contributed by atoms with E-state index in [1.165, 1.54) is 12.1 Å². The summed E-state index contributed by atoms with van der Waals surface area (Å²) in [6, 6.07) is 11.3. The minimum Gasteiger partial charge on any atom is -0.493 e. The van der Waals surface area contributed by atoms with E-state index in [1.54, 1.807) is 24.3 Å². The van der Waals surface area contributed by atoms with Gasteiger partial charge in [-0.15, -0.1) is 0 Å². The molecular formula is C21H26ClN3O4S. The number of ether oxygens (including phenoxy) is 1. The van der Waals surface area contributed by atoms with Gasteiger partial charge in [0.1, 0.15) is 16.4 Å². The monoisotopic (exact) mass is 451 g/mol. The molecule has 1 aliphatic heterocycles. The number of likely N-dealkylation sites (tertiary alicyclic amines) is 1. The molecule has 1 aliphatic rings. The SMILES string of the molecule is CCc1cc(OCC2CCN(C(=N)N)CC2)cc(OS(=O)(=O)c2ccccc2Cl)c1. The van der Waals surface area contributed by atoms with Crippen molar-refractivity contribution in [1.82, 2.24) is 4.90 Å². The quantitative estimate of drug-likeness (QED) is 0.378. The second-order valence-electron chi connectivity index (χ2n) is 7.26. The Morgan fingerprint density at radius 3 is 2.50 bits per heavy atom. The van der Waals surface area contributed by atoms with E-state index in [4.69, 9.17) is 31.7 Å². The highest BCUT2D eigenvalue weighted by atomic mass is 35.5. The third-order valence-corrected chi connectivity index (χ3v) is 6.85. The maximum absolute atomic E-state index is 12.6. The van der Waals surface area contributed by atoms with E-state index in [-0.39, 0.29) is 21.6 Å². The zero-order chi connectivity index (χ0) is 21.7. The normalized spacial score (nSPS) is 15.1. The third kappa shape index (κ3) is 5.58. The predicted octanol–water partition coefficient (Wildman–Crippen LogP) is 3.65. The van der Waals surface area contributed by atoms with E-state index < -0.39 is 10.1 Å². The summed E-state index contributed by atoms with van der Waals surface area (Å²) in [7, 11) is -4.06. The van der Waals surface area contributed by atoms with Crippen LogP contribution < -0.4 is 14.7 Å². The zero-order valence-electron chi connectivity index (χ0n) is 16.8. The molecule has 0 saturated carbocycles. The highest BCUT2D eigenvalue weighted by Gasteiger charge is 2.22. The molecule has 0 atom stereocenters. The number of nitrogens with one attached hydrogen (secondary N) is 1. The maximum Gasteiger partial charge on any atom is 0.340 e. The molecular weight excluding hydrogens is 426 g/mol. The van der Waals surface area contributed by atoms with Crippen LogP contribution in [0.25, 0.3) is 0 Å². The second-order valence-corrected chi connectivity index (χ2v) is 9.18. The smallest absolute Gasteiger partial charge is 0.340 e. The molecule has 0 aromatic heterocycles. The summed E-state index contributed by atoms with van der Waals surface area (Å²) < 4.78 is 36.6. The molecule has 2 aromatic carbocycles. The number of aryl methyl sites for hydroxylation is 1. The number of nitrogens with zero attached hydrogens (tertiary/aromatic N) is 1. The number of hydrogen-bond donors (Lipinski definition) is 2. The number of halogens is 1. The summed E-state index contributed by atoms with van der Waals surface area (Å²) in [4.78, 5) is 1.77. The van der Waals surface area contributed by atoms with Gasteiger partial charge in [-0.3, -0.25) is 5.41 Å². The van der Waals surface area contributed by atoms with Gasteiger partial charge in [-0.2, -0.15) is 8.42 Å². The van der Waals surface area contributed by atoms with Crippen LogP contribution >= 0.6 is 11.6 Å². The van der Waals surface area contributed by atoms with Gasteiger partial charge in [0.05, 0.1) is 11.6 Å². The Morgan fingerprint density at radius 2 is 1.87 bits per heavy atom. The van der Waals surface area contributed by atoms with Crippen molar-refractivity contribution in [1.29, 1.82) is 5.41 Å². The minimum atomic E-state index is -4.06. The van der Waals surface area contributed by atoms with Gasteiger partial charge < -0.3 is 19.6 Å². The Kier molecular flexibility index (Phi) is 7.10. The van der Waals surface area contributed by atoms with Gasteiger partial charge in [0, 0.05) is 19.2 Å². The van der Waals surface area contributed by atoms with Crippen molar-refractivity contribution in [2.75, 3.05) is 19.7 Å². The first-order chi connectivity index (χ1) is 14.3. The zero-order valence-corrected chi connectivity index (χ0v) is 18.4. The fraction of sp³-hybridized carbons (Fsp3) is 0.381. The van der Waals surface area contributed by atoms with Crippen molar-refractivity contribution in [3.8, 4) is 11.5 Å². The molecule has 162 valence electrons. The average Bonchev–Trinajstić information content (AvgIpc) is 2.72. The van der Waals surface area contributed by atoms with Gasteiger partial charge in [0.2, 0.25) is 0 Å². The van der Waals surface area contributed by atoms with E-state index in [0.717, 1.165) is 31.5 Å². The van der Waals surface area contributed by atoms with Gasteiger partial charge in [-0.25, -0.2) is 0 Å². The lowest BCUT2D eigenvalue weighted by atomic mass is 9.98. The molecule has 1 heterocycles. The van der Waals surface area contributed by atoms with Crippen LogP contribution in [0.15, 0.2) is 47.4 Å². The molecule has 7 nitrogen and oxygen atoms in total. The molecule has 30 heavy (non-hydrogen) atoms. The molecule has 3 rings (SSSR count). The molecule has 0 amide bonds. The molecule has 0 spiro atoms. The van der Waals surface area contributed by atoms with Crippen LogP contribution in [-0.2, 0) is 16.5 Å². The summed E-state index contributed by atoms with van der Waals surface area (Å²) in [6.45, 7) is 3.96. The number of hydrogen-bond acceptors (Lipinski definition) is 5. The van der Waals surface area contributed by atoms with Crippen LogP contribution in [0, 0.1) is 11.3 Å². The molecule has 1 fully saturated rings. The number of piperidine rings is 1. The van der Waals surface area contributed by atoms with Gasteiger partial charge in [0.25, 0.3) is 0 Å². The highest BCUT2D eigenvalue weighted by Crippen LogP contribution is 2.29. The summed E-state index contributed by atoms with van der Waals surface area (Å²) in [5.41, 5.74) is 6.44. The molecule has 0 radical (unpaired) electrons. The van der Waals surface area contributed by atoms with Crippen molar-refractivity contribution in [3.05, 3.63) is 53.1 Å². The second kappa shape index (κ2) is 9.57. The molecule has 0 aliphatic carbocycles.